The molecule has 110 valence electrons. The topological polar surface area (TPSA) is 49.9 Å². The molecule has 0 spiro atoms. The first-order chi connectivity index (χ1) is 9.74. The average Bonchev–Trinajstić information content (AvgIpc) is 2.78. The Morgan fingerprint density at radius 2 is 1.80 bits per heavy atom. The maximum absolute atomic E-state index is 12.1. The zero-order valence-electron chi connectivity index (χ0n) is 12.3. The van der Waals surface area contributed by atoms with Crippen molar-refractivity contribution in [2.45, 2.75) is 20.8 Å². The van der Waals surface area contributed by atoms with E-state index in [0.717, 1.165) is 5.69 Å². The highest BCUT2D eigenvalue weighted by Crippen LogP contribution is 2.20. The van der Waals surface area contributed by atoms with Crippen LogP contribution in [0.5, 0.6) is 0 Å². The summed E-state index contributed by atoms with van der Waals surface area (Å²) in [5.74, 6) is -0.177. The van der Waals surface area contributed by atoms with Gasteiger partial charge in [-0.05, 0) is 19.1 Å². The number of rotatable bonds is 5. The number of para-hydroxylation sites is 1. The van der Waals surface area contributed by atoms with Gasteiger partial charge in [0.15, 0.2) is 0 Å². The lowest BCUT2D eigenvalue weighted by Gasteiger charge is -2.16. The maximum atomic E-state index is 12.1. The van der Waals surface area contributed by atoms with Crippen molar-refractivity contribution in [1.82, 2.24) is 4.90 Å². The largest absolute Gasteiger partial charge is 0.380 e. The second-order valence-corrected chi connectivity index (χ2v) is 3.95. The van der Waals surface area contributed by atoms with Crippen molar-refractivity contribution in [2.75, 3.05) is 31.2 Å². The van der Waals surface area contributed by atoms with E-state index in [2.05, 4.69) is 0 Å². The molecule has 5 heteroatoms. The third-order valence-corrected chi connectivity index (χ3v) is 2.79. The predicted octanol–water partition coefficient (Wildman–Crippen LogP) is 2.52. The number of amides is 3. The van der Waals surface area contributed by atoms with E-state index >= 15 is 0 Å². The van der Waals surface area contributed by atoms with Gasteiger partial charge < -0.3 is 4.74 Å². The van der Waals surface area contributed by atoms with Crippen molar-refractivity contribution >= 4 is 17.6 Å². The Bertz CT molecular complexity index is 434. The highest BCUT2D eigenvalue weighted by Gasteiger charge is 2.36. The Kier molecular flexibility index (Phi) is 6.73. The van der Waals surface area contributed by atoms with Gasteiger partial charge in [0.2, 0.25) is 0 Å². The fourth-order valence-electron chi connectivity index (χ4n) is 1.87. The van der Waals surface area contributed by atoms with Gasteiger partial charge in [-0.2, -0.15) is 0 Å². The highest BCUT2D eigenvalue weighted by atomic mass is 16.5. The molecule has 2 rings (SSSR count). The summed E-state index contributed by atoms with van der Waals surface area (Å²) in [6, 6.07) is 8.92. The lowest BCUT2D eigenvalue weighted by molar-refractivity contribution is -0.125. The van der Waals surface area contributed by atoms with Crippen LogP contribution in [0, 0.1) is 0 Å². The van der Waals surface area contributed by atoms with E-state index in [1.807, 2.05) is 51.1 Å². The van der Waals surface area contributed by atoms with Gasteiger partial charge in [0.25, 0.3) is 5.91 Å². The molecule has 0 aromatic heterocycles. The Morgan fingerprint density at radius 3 is 2.40 bits per heavy atom. The van der Waals surface area contributed by atoms with E-state index in [1.54, 1.807) is 0 Å². The van der Waals surface area contributed by atoms with Crippen LogP contribution in [0.3, 0.4) is 0 Å². The summed E-state index contributed by atoms with van der Waals surface area (Å²) in [6.45, 7) is 7.27. The molecule has 1 aromatic carbocycles. The number of benzene rings is 1. The van der Waals surface area contributed by atoms with Crippen LogP contribution < -0.4 is 4.90 Å². The number of carbonyl (C=O) groups excluding carboxylic acids is 2. The first kappa shape index (κ1) is 16.2. The van der Waals surface area contributed by atoms with Crippen molar-refractivity contribution in [1.29, 1.82) is 0 Å². The number of urea groups is 1. The minimum absolute atomic E-state index is 0.106. The molecule has 1 aliphatic rings. The number of nitrogens with zero attached hydrogens (tertiary/aromatic N) is 2. The van der Waals surface area contributed by atoms with Crippen LogP contribution in [0.1, 0.15) is 20.8 Å². The molecule has 0 atom stereocenters. The molecule has 1 aliphatic heterocycles. The third-order valence-electron chi connectivity index (χ3n) is 2.79. The van der Waals surface area contributed by atoms with Gasteiger partial charge in [-0.15, -0.1) is 0 Å². The molecule has 20 heavy (non-hydrogen) atoms. The monoisotopic (exact) mass is 278 g/mol. The second kappa shape index (κ2) is 8.32. The van der Waals surface area contributed by atoms with Gasteiger partial charge in [0, 0.05) is 12.3 Å². The smallest absolute Gasteiger partial charge is 0.331 e. The molecule has 1 aromatic rings. The summed E-state index contributed by atoms with van der Waals surface area (Å²) in [7, 11) is 0. The van der Waals surface area contributed by atoms with Crippen molar-refractivity contribution in [3.63, 3.8) is 0 Å². The van der Waals surface area contributed by atoms with Gasteiger partial charge in [0.05, 0.1) is 13.2 Å². The van der Waals surface area contributed by atoms with Gasteiger partial charge in [0.1, 0.15) is 6.54 Å². The van der Waals surface area contributed by atoms with Crippen LogP contribution in [0.4, 0.5) is 10.5 Å². The van der Waals surface area contributed by atoms with Crippen LogP contribution in [0.25, 0.3) is 0 Å². The van der Waals surface area contributed by atoms with Crippen LogP contribution in [-0.2, 0) is 9.53 Å². The van der Waals surface area contributed by atoms with Crippen molar-refractivity contribution < 1.29 is 14.3 Å². The molecule has 5 nitrogen and oxygen atoms in total. The minimum Gasteiger partial charge on any atom is -0.380 e. The fourth-order valence-corrected chi connectivity index (χ4v) is 1.87. The van der Waals surface area contributed by atoms with Crippen LogP contribution in [-0.4, -0.2) is 43.1 Å². The molecule has 1 heterocycles. The van der Waals surface area contributed by atoms with E-state index in [0.29, 0.717) is 19.8 Å². The Morgan fingerprint density at radius 1 is 1.15 bits per heavy atom. The SMILES string of the molecule is CC.CCOCCN1C(=O)CN(c2ccccc2)C1=O. The van der Waals surface area contributed by atoms with Gasteiger partial charge in [-0.3, -0.25) is 14.6 Å². The summed E-state index contributed by atoms with van der Waals surface area (Å²) in [4.78, 5) is 26.6. The Hall–Kier alpha value is -1.88. The first-order valence-electron chi connectivity index (χ1n) is 6.98. The zero-order chi connectivity index (χ0) is 15.0. The summed E-state index contributed by atoms with van der Waals surface area (Å²) in [5.41, 5.74) is 0.745. The average molecular weight is 278 g/mol. The maximum Gasteiger partial charge on any atom is 0.331 e. The molecule has 0 radical (unpaired) electrons. The van der Waals surface area contributed by atoms with Gasteiger partial charge in [-0.25, -0.2) is 4.79 Å². The number of imide groups is 1. The van der Waals surface area contributed by atoms with Gasteiger partial charge >= 0.3 is 6.03 Å². The number of anilines is 1. The molecule has 0 aliphatic carbocycles. The molecule has 0 saturated carbocycles. The molecule has 0 bridgehead atoms. The summed E-state index contributed by atoms with van der Waals surface area (Å²) < 4.78 is 5.17. The lowest BCUT2D eigenvalue weighted by atomic mass is 10.3. The zero-order valence-corrected chi connectivity index (χ0v) is 12.3. The molecular weight excluding hydrogens is 256 g/mol. The Balaban J connectivity index is 0.000000956. The van der Waals surface area contributed by atoms with E-state index in [-0.39, 0.29) is 18.5 Å². The Labute approximate surface area is 120 Å². The molecule has 1 fully saturated rings. The normalized spacial score (nSPS) is 14.3. The second-order valence-electron chi connectivity index (χ2n) is 3.95. The van der Waals surface area contributed by atoms with E-state index in [9.17, 15) is 9.59 Å². The van der Waals surface area contributed by atoms with Crippen LogP contribution >= 0.6 is 0 Å². The molecule has 3 amide bonds. The molecule has 1 saturated heterocycles. The van der Waals surface area contributed by atoms with Crippen LogP contribution in [0.2, 0.25) is 0 Å². The minimum atomic E-state index is -0.272. The molecule has 0 unspecified atom stereocenters. The molecular formula is C15H22N2O3. The molecule has 0 N–H and O–H groups in total. The van der Waals surface area contributed by atoms with Crippen molar-refractivity contribution in [3.8, 4) is 0 Å². The fraction of sp³-hybridized carbons (Fsp3) is 0.467. The van der Waals surface area contributed by atoms with E-state index < -0.39 is 0 Å². The first-order valence-corrected chi connectivity index (χ1v) is 6.98. The number of hydrogen-bond donors (Lipinski definition) is 0. The van der Waals surface area contributed by atoms with E-state index in [1.165, 1.54) is 9.80 Å². The summed E-state index contributed by atoms with van der Waals surface area (Å²) in [6.07, 6.45) is 0. The summed E-state index contributed by atoms with van der Waals surface area (Å²) in [5, 5.41) is 0. The van der Waals surface area contributed by atoms with Crippen molar-refractivity contribution in [2.24, 2.45) is 0 Å². The lowest BCUT2D eigenvalue weighted by Crippen LogP contribution is -2.35. The number of carbonyl (C=O) groups is 2. The number of ether oxygens (including phenoxy) is 1. The standard InChI is InChI=1S/C13H16N2O3.C2H6/c1-2-18-9-8-14-12(16)10-15(13(14)17)11-6-4-3-5-7-11;1-2/h3-7H,2,8-10H2,1H3;1-2H3. The quantitative estimate of drug-likeness (QED) is 0.614. The third kappa shape index (κ3) is 3.81. The van der Waals surface area contributed by atoms with Crippen LogP contribution in [0.15, 0.2) is 30.3 Å². The van der Waals surface area contributed by atoms with Gasteiger partial charge in [-0.1, -0.05) is 32.0 Å². The highest BCUT2D eigenvalue weighted by molar-refractivity contribution is 6.12. The number of hydrogen-bond acceptors (Lipinski definition) is 3. The predicted molar refractivity (Wildman–Crippen MR) is 78.7 cm³/mol. The van der Waals surface area contributed by atoms with E-state index in [4.69, 9.17) is 4.74 Å². The van der Waals surface area contributed by atoms with Crippen molar-refractivity contribution in [3.05, 3.63) is 30.3 Å². The summed E-state index contributed by atoms with van der Waals surface area (Å²) >= 11 is 0.